The van der Waals surface area contributed by atoms with Gasteiger partial charge in [0.05, 0.1) is 0 Å². The van der Waals surface area contributed by atoms with E-state index >= 15 is 4.39 Å². The SMILES string of the molecule is CCCCc1cnc(CCc2ccc3c(F)c(CCc4cc(F)c(C(F)(F)F)c(F)c4)ccc3c2)nc1. The van der Waals surface area contributed by atoms with Gasteiger partial charge >= 0.3 is 6.18 Å². The fourth-order valence-corrected chi connectivity index (χ4v) is 4.33. The number of nitrogens with zero attached hydrogens (tertiary/aromatic N) is 2. The highest BCUT2D eigenvalue weighted by atomic mass is 19.4. The number of unbranched alkanes of at least 4 members (excludes halogenated alkanes) is 1. The Balaban J connectivity index is 1.42. The Bertz CT molecular complexity index is 1360. The van der Waals surface area contributed by atoms with Gasteiger partial charge in [0.15, 0.2) is 0 Å². The molecule has 1 heterocycles. The van der Waals surface area contributed by atoms with Crippen molar-refractivity contribution in [2.45, 2.75) is 58.0 Å². The zero-order valence-electron chi connectivity index (χ0n) is 20.3. The van der Waals surface area contributed by atoms with Gasteiger partial charge in [0.1, 0.15) is 28.8 Å². The van der Waals surface area contributed by atoms with Crippen molar-refractivity contribution in [1.82, 2.24) is 9.97 Å². The molecule has 8 heteroatoms. The maximum Gasteiger partial charge on any atom is 0.422 e. The van der Waals surface area contributed by atoms with E-state index < -0.39 is 29.2 Å². The number of benzene rings is 3. The van der Waals surface area contributed by atoms with Gasteiger partial charge in [-0.15, -0.1) is 0 Å². The van der Waals surface area contributed by atoms with E-state index in [0.29, 0.717) is 41.3 Å². The molecule has 0 aliphatic carbocycles. The molecule has 0 aliphatic rings. The maximum atomic E-state index is 15.1. The quantitative estimate of drug-likeness (QED) is 0.211. The van der Waals surface area contributed by atoms with Crippen LogP contribution >= 0.6 is 0 Å². The lowest BCUT2D eigenvalue weighted by Gasteiger charge is -2.12. The van der Waals surface area contributed by atoms with Crippen LogP contribution in [-0.4, -0.2) is 9.97 Å². The lowest BCUT2D eigenvalue weighted by molar-refractivity contribution is -0.142. The molecule has 0 saturated heterocycles. The number of hydrogen-bond acceptors (Lipinski definition) is 2. The van der Waals surface area contributed by atoms with Gasteiger partial charge in [-0.1, -0.05) is 43.7 Å². The van der Waals surface area contributed by atoms with Gasteiger partial charge in [0, 0.05) is 24.2 Å². The second-order valence-electron chi connectivity index (χ2n) is 9.14. The van der Waals surface area contributed by atoms with E-state index in [2.05, 4.69) is 16.9 Å². The van der Waals surface area contributed by atoms with Crippen LogP contribution in [0, 0.1) is 17.5 Å². The van der Waals surface area contributed by atoms with Crippen molar-refractivity contribution in [3.05, 3.63) is 106 Å². The highest BCUT2D eigenvalue weighted by Crippen LogP contribution is 2.34. The molecule has 4 rings (SSSR count). The first-order valence-corrected chi connectivity index (χ1v) is 12.2. The average molecular weight is 517 g/mol. The van der Waals surface area contributed by atoms with Crippen molar-refractivity contribution in [2.75, 3.05) is 0 Å². The molecule has 194 valence electrons. The highest BCUT2D eigenvalue weighted by Gasteiger charge is 2.37. The van der Waals surface area contributed by atoms with E-state index in [0.717, 1.165) is 36.2 Å². The third-order valence-electron chi connectivity index (χ3n) is 6.38. The molecular formula is C29H26F6N2. The monoisotopic (exact) mass is 516 g/mol. The number of rotatable bonds is 9. The van der Waals surface area contributed by atoms with Crippen LogP contribution in [0.5, 0.6) is 0 Å². The zero-order valence-corrected chi connectivity index (χ0v) is 20.3. The van der Waals surface area contributed by atoms with Gasteiger partial charge < -0.3 is 0 Å². The first kappa shape index (κ1) is 26.6. The van der Waals surface area contributed by atoms with Gasteiger partial charge in [-0.25, -0.2) is 23.1 Å². The normalized spacial score (nSPS) is 11.9. The minimum absolute atomic E-state index is 0.0102. The molecule has 0 amide bonds. The van der Waals surface area contributed by atoms with Gasteiger partial charge in [-0.3, -0.25) is 0 Å². The summed E-state index contributed by atoms with van der Waals surface area (Å²) in [6.07, 6.45) is 3.21. The fraction of sp³-hybridized carbons (Fsp3) is 0.310. The summed E-state index contributed by atoms with van der Waals surface area (Å²) in [5, 5.41) is 1.11. The van der Waals surface area contributed by atoms with E-state index in [1.54, 1.807) is 18.2 Å². The Morgan fingerprint density at radius 1 is 0.703 bits per heavy atom. The summed E-state index contributed by atoms with van der Waals surface area (Å²) in [5.74, 6) is -3.06. The molecular weight excluding hydrogens is 490 g/mol. The van der Waals surface area contributed by atoms with E-state index in [9.17, 15) is 22.0 Å². The molecule has 0 radical (unpaired) electrons. The molecule has 0 bridgehead atoms. The minimum atomic E-state index is -5.12. The average Bonchev–Trinajstić information content (AvgIpc) is 2.85. The molecule has 0 aliphatic heterocycles. The lowest BCUT2D eigenvalue weighted by atomic mass is 9.97. The summed E-state index contributed by atoms with van der Waals surface area (Å²) in [6, 6.07) is 10.1. The third-order valence-corrected chi connectivity index (χ3v) is 6.38. The second kappa shape index (κ2) is 11.3. The van der Waals surface area contributed by atoms with Crippen molar-refractivity contribution in [3.63, 3.8) is 0 Å². The summed E-state index contributed by atoms with van der Waals surface area (Å²) >= 11 is 0. The Morgan fingerprint density at radius 3 is 2.03 bits per heavy atom. The molecule has 4 aromatic rings. The zero-order chi connectivity index (χ0) is 26.6. The van der Waals surface area contributed by atoms with Crippen LogP contribution in [0.4, 0.5) is 26.3 Å². The molecule has 2 nitrogen and oxygen atoms in total. The van der Waals surface area contributed by atoms with Crippen LogP contribution in [0.3, 0.4) is 0 Å². The molecule has 0 spiro atoms. The van der Waals surface area contributed by atoms with E-state index in [-0.39, 0.29) is 18.4 Å². The minimum Gasteiger partial charge on any atom is -0.241 e. The largest absolute Gasteiger partial charge is 0.422 e. The Labute approximate surface area is 211 Å². The molecule has 0 N–H and O–H groups in total. The van der Waals surface area contributed by atoms with Crippen LogP contribution < -0.4 is 0 Å². The van der Waals surface area contributed by atoms with E-state index in [1.165, 1.54) is 0 Å². The number of aryl methyl sites for hydroxylation is 5. The van der Waals surface area contributed by atoms with Crippen molar-refractivity contribution >= 4 is 10.8 Å². The summed E-state index contributed by atoms with van der Waals surface area (Å²) in [6.45, 7) is 2.14. The standard InChI is InChI=1S/C29H26F6N2/c1-2-3-4-20-16-36-26(37-17-20)12-7-18-6-11-23-22(13-18)10-9-21(28(23)32)8-5-19-14-24(30)27(25(31)15-19)29(33,34)35/h6,9-11,13-17H,2-5,7-8,12H2,1H3. The molecule has 37 heavy (non-hydrogen) atoms. The summed E-state index contributed by atoms with van der Waals surface area (Å²) < 4.78 is 81.2. The van der Waals surface area contributed by atoms with Crippen LogP contribution in [0.1, 0.15) is 53.4 Å². The Kier molecular flexibility index (Phi) is 8.15. The van der Waals surface area contributed by atoms with Crippen LogP contribution in [-0.2, 0) is 38.3 Å². The summed E-state index contributed by atoms with van der Waals surface area (Å²) in [5.41, 5.74) is 0.556. The van der Waals surface area contributed by atoms with Crippen LogP contribution in [0.25, 0.3) is 10.8 Å². The first-order valence-electron chi connectivity index (χ1n) is 12.2. The van der Waals surface area contributed by atoms with Crippen LogP contribution in [0.2, 0.25) is 0 Å². The van der Waals surface area contributed by atoms with Gasteiger partial charge in [0.25, 0.3) is 0 Å². The molecule has 0 fully saturated rings. The van der Waals surface area contributed by atoms with Crippen molar-refractivity contribution < 1.29 is 26.3 Å². The topological polar surface area (TPSA) is 25.8 Å². The molecule has 1 aromatic heterocycles. The maximum absolute atomic E-state index is 15.1. The molecule has 0 atom stereocenters. The van der Waals surface area contributed by atoms with Gasteiger partial charge in [0.2, 0.25) is 0 Å². The highest BCUT2D eigenvalue weighted by molar-refractivity contribution is 5.84. The number of alkyl halides is 3. The van der Waals surface area contributed by atoms with Gasteiger partial charge in [-0.2, -0.15) is 13.2 Å². The van der Waals surface area contributed by atoms with Crippen molar-refractivity contribution in [1.29, 1.82) is 0 Å². The number of halogens is 6. The summed E-state index contributed by atoms with van der Waals surface area (Å²) in [4.78, 5) is 8.87. The summed E-state index contributed by atoms with van der Waals surface area (Å²) in [7, 11) is 0. The van der Waals surface area contributed by atoms with Gasteiger partial charge in [-0.05, 0) is 71.9 Å². The molecule has 3 aromatic carbocycles. The van der Waals surface area contributed by atoms with Crippen LogP contribution in [0.15, 0.2) is 54.9 Å². The fourth-order valence-electron chi connectivity index (χ4n) is 4.33. The predicted octanol–water partition coefficient (Wildman–Crippen LogP) is 7.98. The van der Waals surface area contributed by atoms with E-state index in [1.807, 2.05) is 24.5 Å². The molecule has 0 saturated carbocycles. The Hall–Kier alpha value is -3.42. The molecule has 0 unspecified atom stereocenters. The Morgan fingerprint density at radius 2 is 1.38 bits per heavy atom. The van der Waals surface area contributed by atoms with Crippen molar-refractivity contribution in [2.24, 2.45) is 0 Å². The lowest BCUT2D eigenvalue weighted by Crippen LogP contribution is -2.12. The predicted molar refractivity (Wildman–Crippen MR) is 131 cm³/mol. The number of aromatic nitrogens is 2. The number of fused-ring (bicyclic) bond motifs is 1. The van der Waals surface area contributed by atoms with E-state index in [4.69, 9.17) is 0 Å². The second-order valence-corrected chi connectivity index (χ2v) is 9.14. The third kappa shape index (κ3) is 6.48. The number of hydrogen-bond donors (Lipinski definition) is 0. The van der Waals surface area contributed by atoms with Crippen molar-refractivity contribution in [3.8, 4) is 0 Å². The smallest absolute Gasteiger partial charge is 0.241 e. The first-order chi connectivity index (χ1) is 17.7.